The van der Waals surface area contributed by atoms with Crippen molar-refractivity contribution in [2.24, 2.45) is 11.8 Å². The summed E-state index contributed by atoms with van der Waals surface area (Å²) in [6.07, 6.45) is 4.44. The van der Waals surface area contributed by atoms with Gasteiger partial charge in [-0.25, -0.2) is 12.8 Å². The Morgan fingerprint density at radius 3 is 2.64 bits per heavy atom. The number of carbonyl (C=O) groups excluding carboxylic acids is 1. The Balaban J connectivity index is 1.71. The van der Waals surface area contributed by atoms with Crippen molar-refractivity contribution in [1.29, 1.82) is 0 Å². The van der Waals surface area contributed by atoms with Gasteiger partial charge >= 0.3 is 0 Å². The third kappa shape index (κ3) is 4.03. The molecule has 1 aromatic heterocycles. The van der Waals surface area contributed by atoms with Gasteiger partial charge in [-0.15, -0.1) is 0 Å². The van der Waals surface area contributed by atoms with Crippen molar-refractivity contribution < 1.29 is 22.7 Å². The van der Waals surface area contributed by atoms with Crippen LogP contribution in [0, 0.1) is 17.7 Å². The lowest BCUT2D eigenvalue weighted by molar-refractivity contribution is -0.126. The number of rotatable bonds is 6. The molecule has 4 atom stereocenters. The van der Waals surface area contributed by atoms with Crippen LogP contribution in [0.25, 0.3) is 6.08 Å². The molecule has 0 spiro atoms. The number of sulfonamides is 1. The number of aromatic nitrogens is 1. The summed E-state index contributed by atoms with van der Waals surface area (Å²) in [4.78, 5) is 26.1. The Morgan fingerprint density at radius 1 is 1.27 bits per heavy atom. The molecule has 10 heteroatoms. The maximum absolute atomic E-state index is 14.0. The van der Waals surface area contributed by atoms with Gasteiger partial charge in [-0.1, -0.05) is 30.4 Å². The smallest absolute Gasteiger partial charge is 0.258 e. The Labute approximate surface area is 191 Å². The van der Waals surface area contributed by atoms with Crippen LogP contribution in [-0.2, 0) is 27.9 Å². The van der Waals surface area contributed by atoms with Gasteiger partial charge in [0.1, 0.15) is 11.9 Å². The zero-order valence-corrected chi connectivity index (χ0v) is 19.1. The number of aliphatic hydroxyl groups excluding tert-OH is 1. The lowest BCUT2D eigenvalue weighted by atomic mass is 9.88. The molecular formula is C23H26FN3O5S. The van der Waals surface area contributed by atoms with Crippen molar-refractivity contribution in [1.82, 2.24) is 14.2 Å². The largest absolute Gasteiger partial charge is 0.396 e. The van der Waals surface area contributed by atoms with Gasteiger partial charge in [-0.05, 0) is 25.1 Å². The summed E-state index contributed by atoms with van der Waals surface area (Å²) in [6, 6.07) is 7.39. The fraction of sp³-hybridized carbons (Fsp3) is 0.391. The van der Waals surface area contributed by atoms with E-state index in [1.807, 2.05) is 0 Å². The summed E-state index contributed by atoms with van der Waals surface area (Å²) in [5.41, 5.74) is 0.994. The number of pyridine rings is 1. The highest BCUT2D eigenvalue weighted by Crippen LogP contribution is 2.50. The molecule has 33 heavy (non-hydrogen) atoms. The summed E-state index contributed by atoms with van der Waals surface area (Å²) in [5.74, 6) is -2.28. The summed E-state index contributed by atoms with van der Waals surface area (Å²) in [5, 5.41) is 12.8. The molecule has 0 radical (unpaired) electrons. The van der Waals surface area contributed by atoms with E-state index in [0.717, 1.165) is 10.6 Å². The maximum Gasteiger partial charge on any atom is 0.258 e. The van der Waals surface area contributed by atoms with Crippen molar-refractivity contribution in [3.05, 3.63) is 75.5 Å². The maximum atomic E-state index is 14.0. The zero-order valence-electron chi connectivity index (χ0n) is 18.3. The molecule has 0 unspecified atom stereocenters. The first kappa shape index (κ1) is 23.3. The summed E-state index contributed by atoms with van der Waals surface area (Å²) < 4.78 is 42.3. The van der Waals surface area contributed by atoms with Gasteiger partial charge in [-0.2, -0.15) is 4.31 Å². The predicted octanol–water partition coefficient (Wildman–Crippen LogP) is 1.26. The average molecular weight is 476 g/mol. The van der Waals surface area contributed by atoms with Crippen LogP contribution in [0.2, 0.25) is 0 Å². The second-order valence-corrected chi connectivity index (χ2v) is 10.3. The minimum Gasteiger partial charge on any atom is -0.396 e. The van der Waals surface area contributed by atoms with E-state index >= 15 is 0 Å². The lowest BCUT2D eigenvalue weighted by Gasteiger charge is -2.28. The molecule has 0 saturated carbocycles. The van der Waals surface area contributed by atoms with Crippen LogP contribution in [0.4, 0.5) is 4.39 Å². The SMILES string of the molecule is C/C=C\c1ccc2n(c1=O)C[C@H]1[C@H](CO)[C@@H](C(=O)NCc3ccccc3F)N(S(C)(=O)=O)[C@@H]21. The third-order valence-corrected chi connectivity index (χ3v) is 7.68. The molecule has 3 heterocycles. The lowest BCUT2D eigenvalue weighted by Crippen LogP contribution is -2.50. The second kappa shape index (κ2) is 8.85. The topological polar surface area (TPSA) is 109 Å². The highest BCUT2D eigenvalue weighted by atomic mass is 32.2. The van der Waals surface area contributed by atoms with Gasteiger partial charge in [0.05, 0.1) is 12.3 Å². The van der Waals surface area contributed by atoms with Crippen molar-refractivity contribution in [2.45, 2.75) is 32.1 Å². The summed E-state index contributed by atoms with van der Waals surface area (Å²) in [6.45, 7) is 1.44. The van der Waals surface area contributed by atoms with E-state index in [0.29, 0.717) is 11.3 Å². The number of nitrogens with zero attached hydrogens (tertiary/aromatic N) is 2. The molecule has 1 aromatic carbocycles. The molecule has 1 saturated heterocycles. The van der Waals surface area contributed by atoms with Crippen molar-refractivity contribution in [3.63, 3.8) is 0 Å². The van der Waals surface area contributed by atoms with Crippen LogP contribution in [0.3, 0.4) is 0 Å². The number of allylic oxidation sites excluding steroid dienone is 1. The number of hydrogen-bond acceptors (Lipinski definition) is 5. The Bertz CT molecular complexity index is 1270. The van der Waals surface area contributed by atoms with E-state index < -0.39 is 52.3 Å². The second-order valence-electron chi connectivity index (χ2n) is 8.43. The molecule has 1 amide bonds. The zero-order chi connectivity index (χ0) is 23.9. The van der Waals surface area contributed by atoms with Crippen molar-refractivity contribution in [3.8, 4) is 0 Å². The van der Waals surface area contributed by atoms with Gasteiger partial charge in [0.15, 0.2) is 0 Å². The van der Waals surface area contributed by atoms with Crippen LogP contribution in [0.1, 0.15) is 29.8 Å². The van der Waals surface area contributed by atoms with Crippen LogP contribution < -0.4 is 10.9 Å². The number of benzene rings is 1. The third-order valence-electron chi connectivity index (χ3n) is 6.46. The van der Waals surface area contributed by atoms with Gasteiger partial charge in [0.2, 0.25) is 15.9 Å². The standard InChI is InChI=1S/C23H26FN3O5S/c1-3-6-14-9-10-19-20-16(12-26(19)23(14)30)17(13-28)21(27(20)33(2,31)32)22(29)25-11-15-7-4-5-8-18(15)24/h3-10,16-17,20-21,28H,11-13H2,1-2H3,(H,25,29)/b6-3-/t16-,17-,20+,21-/m0/s1. The first-order valence-corrected chi connectivity index (χ1v) is 12.5. The van der Waals surface area contributed by atoms with Gasteiger partial charge in [0.25, 0.3) is 5.56 Å². The average Bonchev–Trinajstić information content (AvgIpc) is 3.29. The quantitative estimate of drug-likeness (QED) is 0.654. The van der Waals surface area contributed by atoms with Crippen molar-refractivity contribution in [2.75, 3.05) is 12.9 Å². The van der Waals surface area contributed by atoms with Crippen LogP contribution >= 0.6 is 0 Å². The number of fused-ring (bicyclic) bond motifs is 3. The van der Waals surface area contributed by atoms with E-state index in [1.54, 1.807) is 37.3 Å². The van der Waals surface area contributed by atoms with Gasteiger partial charge in [0, 0.05) is 48.4 Å². The number of nitrogens with one attached hydrogen (secondary N) is 1. The summed E-state index contributed by atoms with van der Waals surface area (Å²) >= 11 is 0. The number of halogens is 1. The molecule has 0 bridgehead atoms. The first-order valence-electron chi connectivity index (χ1n) is 10.7. The van der Waals surface area contributed by atoms with Crippen LogP contribution in [0.15, 0.2) is 47.3 Å². The Morgan fingerprint density at radius 2 is 2.00 bits per heavy atom. The first-order chi connectivity index (χ1) is 15.7. The number of amides is 1. The molecule has 2 N–H and O–H groups in total. The molecular weight excluding hydrogens is 449 g/mol. The van der Waals surface area contributed by atoms with Crippen LogP contribution in [0.5, 0.6) is 0 Å². The molecule has 1 fully saturated rings. The molecule has 176 valence electrons. The van der Waals surface area contributed by atoms with E-state index in [-0.39, 0.29) is 24.2 Å². The van der Waals surface area contributed by atoms with Gasteiger partial charge in [-0.3, -0.25) is 9.59 Å². The Hall–Kier alpha value is -2.82. The van der Waals surface area contributed by atoms with E-state index in [2.05, 4.69) is 5.32 Å². The highest BCUT2D eigenvalue weighted by molar-refractivity contribution is 7.88. The van der Waals surface area contributed by atoms with Gasteiger partial charge < -0.3 is 15.0 Å². The minimum absolute atomic E-state index is 0.115. The molecule has 2 aromatic rings. The molecule has 0 aliphatic carbocycles. The number of hydrogen-bond donors (Lipinski definition) is 2. The van der Waals surface area contributed by atoms with E-state index in [4.69, 9.17) is 0 Å². The molecule has 2 aliphatic rings. The number of aliphatic hydroxyl groups is 1. The monoisotopic (exact) mass is 475 g/mol. The molecule has 4 rings (SSSR count). The highest BCUT2D eigenvalue weighted by Gasteiger charge is 2.58. The molecule has 2 aliphatic heterocycles. The predicted molar refractivity (Wildman–Crippen MR) is 121 cm³/mol. The van der Waals surface area contributed by atoms with Crippen LogP contribution in [-0.4, -0.2) is 47.2 Å². The van der Waals surface area contributed by atoms with E-state index in [1.165, 1.54) is 22.8 Å². The minimum atomic E-state index is -3.90. The Kier molecular flexibility index (Phi) is 6.26. The fourth-order valence-corrected chi connectivity index (χ4v) is 6.41. The number of carbonyl (C=O) groups is 1. The molecule has 8 nitrogen and oxygen atoms in total. The summed E-state index contributed by atoms with van der Waals surface area (Å²) in [7, 11) is -3.90. The normalized spacial score (nSPS) is 24.7. The fourth-order valence-electron chi connectivity index (χ4n) is 5.06. The van der Waals surface area contributed by atoms with Crippen molar-refractivity contribution >= 4 is 22.0 Å². The van der Waals surface area contributed by atoms with E-state index in [9.17, 15) is 27.5 Å².